The second-order valence-corrected chi connectivity index (χ2v) is 7.20. The number of morpholine rings is 1. The minimum Gasteiger partial charge on any atom is -0.379 e. The van der Waals surface area contributed by atoms with Crippen molar-refractivity contribution in [2.24, 2.45) is 4.99 Å². The molecule has 1 aliphatic heterocycles. The molecule has 0 aromatic carbocycles. The highest BCUT2D eigenvalue weighted by atomic mass is 32.1. The zero-order chi connectivity index (χ0) is 15.9. The van der Waals surface area contributed by atoms with Gasteiger partial charge in [0.2, 0.25) is 0 Å². The van der Waals surface area contributed by atoms with E-state index < -0.39 is 0 Å². The molecule has 6 nitrogen and oxygen atoms in total. The maximum Gasteiger partial charge on any atom is 0.191 e. The molecule has 1 saturated heterocycles. The Bertz CT molecular complexity index is 508. The van der Waals surface area contributed by atoms with Gasteiger partial charge < -0.3 is 15.4 Å². The van der Waals surface area contributed by atoms with Crippen molar-refractivity contribution in [2.75, 3.05) is 45.9 Å². The molecule has 0 unspecified atom stereocenters. The third-order valence-corrected chi connectivity index (χ3v) is 4.87. The molecular formula is C16H27N5OS. The van der Waals surface area contributed by atoms with Crippen LogP contribution in [0, 0.1) is 6.92 Å². The van der Waals surface area contributed by atoms with Crippen LogP contribution >= 0.6 is 11.3 Å². The second-order valence-electron chi connectivity index (χ2n) is 6.14. The molecule has 1 aromatic heterocycles. The summed E-state index contributed by atoms with van der Waals surface area (Å²) in [5.74, 6) is 0.952. The van der Waals surface area contributed by atoms with E-state index in [-0.39, 0.29) is 0 Å². The molecule has 0 atom stereocenters. The normalized spacial score (nSPS) is 19.8. The lowest BCUT2D eigenvalue weighted by Gasteiger charge is -2.25. The molecule has 2 heterocycles. The van der Waals surface area contributed by atoms with E-state index >= 15 is 0 Å². The van der Waals surface area contributed by atoms with Gasteiger partial charge in [-0.05, 0) is 19.8 Å². The number of nitrogens with zero attached hydrogens (tertiary/aromatic N) is 3. The first-order chi connectivity index (χ1) is 11.3. The monoisotopic (exact) mass is 337 g/mol. The highest BCUT2D eigenvalue weighted by Crippen LogP contribution is 2.18. The molecule has 1 saturated carbocycles. The van der Waals surface area contributed by atoms with Crippen molar-refractivity contribution >= 4 is 17.3 Å². The lowest BCUT2D eigenvalue weighted by atomic mass is 10.3. The zero-order valence-corrected chi connectivity index (χ0v) is 14.7. The Morgan fingerprint density at radius 1 is 1.43 bits per heavy atom. The molecule has 1 aliphatic carbocycles. The Hall–Kier alpha value is -1.18. The first-order valence-electron chi connectivity index (χ1n) is 8.55. The third-order valence-electron chi connectivity index (χ3n) is 4.05. The van der Waals surface area contributed by atoms with E-state index in [9.17, 15) is 0 Å². The summed E-state index contributed by atoms with van der Waals surface area (Å²) in [5, 5.41) is 10.2. The number of thiazole rings is 1. The van der Waals surface area contributed by atoms with Gasteiger partial charge in [0.25, 0.3) is 0 Å². The molecule has 3 rings (SSSR count). The number of hydrogen-bond acceptors (Lipinski definition) is 5. The molecule has 2 N–H and O–H groups in total. The molecule has 0 radical (unpaired) electrons. The summed E-state index contributed by atoms with van der Waals surface area (Å²) in [6.45, 7) is 8.51. The van der Waals surface area contributed by atoms with Gasteiger partial charge in [-0.15, -0.1) is 11.3 Å². The van der Waals surface area contributed by atoms with E-state index in [1.54, 1.807) is 11.3 Å². The van der Waals surface area contributed by atoms with E-state index in [0.717, 1.165) is 63.3 Å². The number of aromatic nitrogens is 1. The van der Waals surface area contributed by atoms with E-state index in [2.05, 4.69) is 32.8 Å². The highest BCUT2D eigenvalue weighted by Gasteiger charge is 2.22. The van der Waals surface area contributed by atoms with Crippen LogP contribution in [0.15, 0.2) is 10.4 Å². The zero-order valence-electron chi connectivity index (χ0n) is 13.9. The van der Waals surface area contributed by atoms with E-state index in [1.807, 2.05) is 0 Å². The van der Waals surface area contributed by atoms with Gasteiger partial charge in [0.15, 0.2) is 5.96 Å². The summed E-state index contributed by atoms with van der Waals surface area (Å²) in [7, 11) is 0. The van der Waals surface area contributed by atoms with Crippen molar-refractivity contribution in [1.29, 1.82) is 0 Å². The summed E-state index contributed by atoms with van der Waals surface area (Å²) in [6, 6.07) is 0.617. The number of guanidine groups is 1. The van der Waals surface area contributed by atoms with Gasteiger partial charge in [0.05, 0.1) is 30.5 Å². The predicted octanol–water partition coefficient (Wildman–Crippen LogP) is 1.02. The van der Waals surface area contributed by atoms with Crippen LogP contribution in [0.4, 0.5) is 0 Å². The minimum absolute atomic E-state index is 0.617. The topological polar surface area (TPSA) is 61.8 Å². The van der Waals surface area contributed by atoms with Crippen LogP contribution in [0.5, 0.6) is 0 Å². The predicted molar refractivity (Wildman–Crippen MR) is 94.3 cm³/mol. The lowest BCUT2D eigenvalue weighted by Crippen LogP contribution is -2.41. The molecule has 0 bridgehead atoms. The van der Waals surface area contributed by atoms with Crippen LogP contribution in [0.2, 0.25) is 0 Å². The van der Waals surface area contributed by atoms with Crippen LogP contribution < -0.4 is 10.6 Å². The van der Waals surface area contributed by atoms with Gasteiger partial charge in [-0.2, -0.15) is 0 Å². The maximum absolute atomic E-state index is 5.38. The van der Waals surface area contributed by atoms with Crippen molar-refractivity contribution in [3.05, 3.63) is 16.1 Å². The van der Waals surface area contributed by atoms with Gasteiger partial charge in [-0.3, -0.25) is 9.89 Å². The molecule has 0 amide bonds. The summed E-state index contributed by atoms with van der Waals surface area (Å²) >= 11 is 1.71. The number of nitrogens with one attached hydrogen (secondary N) is 2. The summed E-state index contributed by atoms with van der Waals surface area (Å²) in [5.41, 5.74) is 1.17. The summed E-state index contributed by atoms with van der Waals surface area (Å²) in [4.78, 5) is 11.6. The van der Waals surface area contributed by atoms with Gasteiger partial charge in [0.1, 0.15) is 0 Å². The molecular weight excluding hydrogens is 310 g/mol. The number of hydrogen-bond donors (Lipinski definition) is 2. The van der Waals surface area contributed by atoms with Crippen LogP contribution in [0.25, 0.3) is 0 Å². The highest BCUT2D eigenvalue weighted by molar-refractivity contribution is 7.09. The summed E-state index contributed by atoms with van der Waals surface area (Å²) < 4.78 is 5.38. The Morgan fingerprint density at radius 2 is 2.26 bits per heavy atom. The largest absolute Gasteiger partial charge is 0.379 e. The van der Waals surface area contributed by atoms with Crippen LogP contribution in [-0.2, 0) is 11.2 Å². The van der Waals surface area contributed by atoms with Gasteiger partial charge in [0, 0.05) is 44.0 Å². The van der Waals surface area contributed by atoms with Crippen LogP contribution in [-0.4, -0.2) is 67.8 Å². The van der Waals surface area contributed by atoms with Crippen molar-refractivity contribution in [2.45, 2.75) is 32.2 Å². The Morgan fingerprint density at radius 3 is 2.96 bits per heavy atom. The molecule has 0 spiro atoms. The van der Waals surface area contributed by atoms with Gasteiger partial charge >= 0.3 is 0 Å². The van der Waals surface area contributed by atoms with Gasteiger partial charge in [-0.1, -0.05) is 0 Å². The van der Waals surface area contributed by atoms with E-state index in [1.165, 1.54) is 18.5 Å². The fourth-order valence-electron chi connectivity index (χ4n) is 2.53. The third kappa shape index (κ3) is 6.08. The van der Waals surface area contributed by atoms with Crippen molar-refractivity contribution in [3.8, 4) is 0 Å². The Balaban J connectivity index is 1.41. The van der Waals surface area contributed by atoms with Crippen molar-refractivity contribution in [1.82, 2.24) is 20.5 Å². The van der Waals surface area contributed by atoms with E-state index in [0.29, 0.717) is 6.04 Å². The van der Waals surface area contributed by atoms with Crippen LogP contribution in [0.3, 0.4) is 0 Å². The molecule has 2 aliphatic rings. The first kappa shape index (κ1) is 16.7. The smallest absolute Gasteiger partial charge is 0.191 e. The Kier molecular flexibility index (Phi) is 6.24. The average Bonchev–Trinajstić information content (AvgIpc) is 3.28. The minimum atomic E-state index is 0.617. The second kappa shape index (κ2) is 8.61. The SMILES string of the molecule is Cc1nc(CCNC(=NCCN2CCOCC2)NC2CC2)cs1. The number of ether oxygens (including phenoxy) is 1. The standard InChI is InChI=1S/C16H27N5OS/c1-13-19-15(12-23-13)4-5-17-16(20-14-2-3-14)18-6-7-21-8-10-22-11-9-21/h12,14H,2-11H2,1H3,(H2,17,18,20). The quantitative estimate of drug-likeness (QED) is 0.575. The Labute approximate surface area is 142 Å². The molecule has 2 fully saturated rings. The molecule has 7 heteroatoms. The fourth-order valence-corrected chi connectivity index (χ4v) is 3.18. The molecule has 23 heavy (non-hydrogen) atoms. The number of aliphatic imine (C=N–C) groups is 1. The molecule has 1 aromatic rings. The number of rotatable bonds is 7. The van der Waals surface area contributed by atoms with Crippen molar-refractivity contribution < 1.29 is 4.74 Å². The molecule has 128 valence electrons. The fraction of sp³-hybridized carbons (Fsp3) is 0.750. The lowest BCUT2D eigenvalue weighted by molar-refractivity contribution is 0.0394. The average molecular weight is 337 g/mol. The van der Waals surface area contributed by atoms with E-state index in [4.69, 9.17) is 9.73 Å². The van der Waals surface area contributed by atoms with Crippen LogP contribution in [0.1, 0.15) is 23.5 Å². The van der Waals surface area contributed by atoms with Crippen molar-refractivity contribution in [3.63, 3.8) is 0 Å². The van der Waals surface area contributed by atoms with Gasteiger partial charge in [-0.25, -0.2) is 4.98 Å². The number of aryl methyl sites for hydroxylation is 1. The maximum atomic E-state index is 5.38. The first-order valence-corrected chi connectivity index (χ1v) is 9.43. The summed E-state index contributed by atoms with van der Waals surface area (Å²) in [6.07, 6.45) is 3.46.